The molecule has 3 aromatic carbocycles. The van der Waals surface area contributed by atoms with Crippen LogP contribution in [-0.4, -0.2) is 20.7 Å². The van der Waals surface area contributed by atoms with Gasteiger partial charge in [0.2, 0.25) is 5.82 Å². The van der Waals surface area contributed by atoms with Crippen LogP contribution in [0.5, 0.6) is 0 Å². The fourth-order valence-corrected chi connectivity index (χ4v) is 3.00. The number of hydrogen-bond donors (Lipinski definition) is 1. The molecule has 0 aliphatic rings. The maximum absolute atomic E-state index is 13.4. The van der Waals surface area contributed by atoms with E-state index in [2.05, 4.69) is 15.4 Å². The molecule has 0 spiro atoms. The minimum atomic E-state index is -0.471. The lowest BCUT2D eigenvalue weighted by atomic mass is 10.1. The number of benzene rings is 3. The summed E-state index contributed by atoms with van der Waals surface area (Å²) in [5, 5.41) is 7.61. The Labute approximate surface area is 171 Å². The Morgan fingerprint density at radius 2 is 1.76 bits per heavy atom. The van der Waals surface area contributed by atoms with Crippen LogP contribution >= 0.6 is 11.6 Å². The second kappa shape index (κ2) is 7.85. The van der Waals surface area contributed by atoms with Crippen molar-refractivity contribution in [3.63, 3.8) is 0 Å². The van der Waals surface area contributed by atoms with Gasteiger partial charge in [-0.3, -0.25) is 4.79 Å². The van der Waals surface area contributed by atoms with Gasteiger partial charge in [-0.05, 0) is 49.4 Å². The molecule has 144 valence electrons. The summed E-state index contributed by atoms with van der Waals surface area (Å²) < 4.78 is 14.9. The Kier molecular flexibility index (Phi) is 5.10. The molecule has 1 amide bonds. The highest BCUT2D eigenvalue weighted by molar-refractivity contribution is 6.30. The van der Waals surface area contributed by atoms with Crippen LogP contribution in [-0.2, 0) is 0 Å². The van der Waals surface area contributed by atoms with Crippen LogP contribution in [0, 0.1) is 12.7 Å². The third kappa shape index (κ3) is 4.17. The minimum absolute atomic E-state index is 0.00937. The van der Waals surface area contributed by atoms with Gasteiger partial charge in [-0.25, -0.2) is 14.1 Å². The molecular formula is C22H16ClFN4O. The van der Waals surface area contributed by atoms with E-state index in [1.807, 2.05) is 31.2 Å². The average molecular weight is 407 g/mol. The maximum Gasteiger partial charge on any atom is 0.295 e. The molecule has 0 fully saturated rings. The highest BCUT2D eigenvalue weighted by Gasteiger charge is 2.19. The molecule has 0 atom stereocenters. The average Bonchev–Trinajstić information content (AvgIpc) is 3.15. The first-order chi connectivity index (χ1) is 14.0. The number of aromatic nitrogens is 3. The molecule has 0 aliphatic heterocycles. The van der Waals surface area contributed by atoms with E-state index in [4.69, 9.17) is 11.6 Å². The second-order valence-electron chi connectivity index (χ2n) is 6.48. The van der Waals surface area contributed by atoms with Crippen molar-refractivity contribution in [2.24, 2.45) is 0 Å². The van der Waals surface area contributed by atoms with Crippen LogP contribution in [0.3, 0.4) is 0 Å². The predicted molar refractivity (Wildman–Crippen MR) is 111 cm³/mol. The third-order valence-corrected chi connectivity index (χ3v) is 4.51. The van der Waals surface area contributed by atoms with Gasteiger partial charge in [-0.15, -0.1) is 5.10 Å². The van der Waals surface area contributed by atoms with E-state index < -0.39 is 5.91 Å². The fraction of sp³-hybridized carbons (Fsp3) is 0.0455. The highest BCUT2D eigenvalue weighted by Crippen LogP contribution is 2.23. The van der Waals surface area contributed by atoms with Crippen molar-refractivity contribution < 1.29 is 9.18 Å². The number of hydrogen-bond acceptors (Lipinski definition) is 3. The Hall–Kier alpha value is -3.51. The molecule has 29 heavy (non-hydrogen) atoms. The summed E-state index contributed by atoms with van der Waals surface area (Å²) in [4.78, 5) is 17.1. The molecule has 7 heteroatoms. The summed E-state index contributed by atoms with van der Waals surface area (Å²) in [7, 11) is 0. The van der Waals surface area contributed by atoms with E-state index in [-0.39, 0.29) is 11.6 Å². The van der Waals surface area contributed by atoms with Gasteiger partial charge >= 0.3 is 0 Å². The summed E-state index contributed by atoms with van der Waals surface area (Å²) in [6.07, 6.45) is 0. The molecule has 1 heterocycles. The van der Waals surface area contributed by atoms with Crippen molar-refractivity contribution in [3.05, 3.63) is 95.0 Å². The number of anilines is 1. The van der Waals surface area contributed by atoms with Gasteiger partial charge in [0.25, 0.3) is 5.91 Å². The minimum Gasteiger partial charge on any atom is -0.319 e. The van der Waals surface area contributed by atoms with Crippen molar-refractivity contribution in [1.82, 2.24) is 14.8 Å². The maximum atomic E-state index is 13.4. The summed E-state index contributed by atoms with van der Waals surface area (Å²) in [5.41, 5.74) is 3.02. The van der Waals surface area contributed by atoms with Crippen molar-refractivity contribution in [1.29, 1.82) is 0 Å². The number of nitrogens with zero attached hydrogens (tertiary/aromatic N) is 3. The molecule has 1 N–H and O–H groups in total. The van der Waals surface area contributed by atoms with Crippen LogP contribution in [0.15, 0.2) is 72.8 Å². The number of halogens is 2. The van der Waals surface area contributed by atoms with E-state index in [0.717, 1.165) is 11.1 Å². The van der Waals surface area contributed by atoms with Gasteiger partial charge in [0.05, 0.1) is 5.69 Å². The monoisotopic (exact) mass is 406 g/mol. The zero-order valence-corrected chi connectivity index (χ0v) is 16.2. The molecule has 4 rings (SSSR count). The summed E-state index contributed by atoms with van der Waals surface area (Å²) in [6, 6.07) is 20.4. The molecule has 5 nitrogen and oxygen atoms in total. The zero-order chi connectivity index (χ0) is 20.4. The van der Waals surface area contributed by atoms with Gasteiger partial charge in [0.15, 0.2) is 5.82 Å². The molecule has 0 saturated carbocycles. The quantitative estimate of drug-likeness (QED) is 0.501. The van der Waals surface area contributed by atoms with Gasteiger partial charge in [-0.2, -0.15) is 0 Å². The number of amides is 1. The van der Waals surface area contributed by atoms with E-state index in [9.17, 15) is 9.18 Å². The number of carbonyl (C=O) groups excluding carboxylic acids is 1. The lowest BCUT2D eigenvalue weighted by molar-refractivity contribution is 0.101. The second-order valence-corrected chi connectivity index (χ2v) is 6.91. The summed E-state index contributed by atoms with van der Waals surface area (Å²) in [6.45, 7) is 1.98. The molecular weight excluding hydrogens is 391 g/mol. The van der Waals surface area contributed by atoms with E-state index in [0.29, 0.717) is 22.2 Å². The van der Waals surface area contributed by atoms with Crippen molar-refractivity contribution in [2.45, 2.75) is 6.92 Å². The number of aryl methyl sites for hydroxylation is 1. The summed E-state index contributed by atoms with van der Waals surface area (Å²) in [5.74, 6) is -0.358. The number of carbonyl (C=O) groups is 1. The predicted octanol–water partition coefficient (Wildman–Crippen LogP) is 5.29. The van der Waals surface area contributed by atoms with E-state index in [1.54, 1.807) is 36.4 Å². The Morgan fingerprint density at radius 3 is 2.45 bits per heavy atom. The molecule has 4 aromatic rings. The molecule has 0 saturated heterocycles. The van der Waals surface area contributed by atoms with Crippen LogP contribution in [0.25, 0.3) is 17.1 Å². The van der Waals surface area contributed by atoms with Crippen LogP contribution < -0.4 is 5.32 Å². The molecule has 0 radical (unpaired) electrons. The smallest absolute Gasteiger partial charge is 0.295 e. The highest BCUT2D eigenvalue weighted by atomic mass is 35.5. The van der Waals surface area contributed by atoms with Gasteiger partial charge in [-0.1, -0.05) is 47.5 Å². The number of nitrogens with one attached hydrogen (secondary N) is 1. The SMILES string of the molecule is Cc1ccc(-c2nc(C(=O)Nc3cccc(Cl)c3)nn2-c2ccc(F)cc2)cc1. The topological polar surface area (TPSA) is 59.8 Å². The lowest BCUT2D eigenvalue weighted by Crippen LogP contribution is -2.14. The first kappa shape index (κ1) is 18.8. The molecule has 0 bridgehead atoms. The molecule has 1 aromatic heterocycles. The van der Waals surface area contributed by atoms with E-state index in [1.165, 1.54) is 16.8 Å². The van der Waals surface area contributed by atoms with Crippen molar-refractivity contribution in [2.75, 3.05) is 5.32 Å². The van der Waals surface area contributed by atoms with Gasteiger partial charge in [0.1, 0.15) is 5.82 Å². The fourth-order valence-electron chi connectivity index (χ4n) is 2.81. The Bertz CT molecular complexity index is 1110. The van der Waals surface area contributed by atoms with Crippen LogP contribution in [0.4, 0.5) is 10.1 Å². The van der Waals surface area contributed by atoms with E-state index >= 15 is 0 Å². The normalized spacial score (nSPS) is 10.7. The lowest BCUT2D eigenvalue weighted by Gasteiger charge is -2.06. The van der Waals surface area contributed by atoms with Crippen LogP contribution in [0.1, 0.15) is 16.2 Å². The molecule has 0 aliphatic carbocycles. The molecule has 0 unspecified atom stereocenters. The van der Waals surface area contributed by atoms with Gasteiger partial charge < -0.3 is 5.32 Å². The first-order valence-corrected chi connectivity index (χ1v) is 9.24. The third-order valence-electron chi connectivity index (χ3n) is 4.27. The van der Waals surface area contributed by atoms with Crippen molar-refractivity contribution >= 4 is 23.2 Å². The Balaban J connectivity index is 1.75. The Morgan fingerprint density at radius 1 is 1.03 bits per heavy atom. The first-order valence-electron chi connectivity index (χ1n) is 8.86. The van der Waals surface area contributed by atoms with Crippen molar-refractivity contribution in [3.8, 4) is 17.1 Å². The van der Waals surface area contributed by atoms with Crippen LogP contribution in [0.2, 0.25) is 5.02 Å². The van der Waals surface area contributed by atoms with Gasteiger partial charge in [0, 0.05) is 16.3 Å². The zero-order valence-electron chi connectivity index (χ0n) is 15.4. The number of rotatable bonds is 4. The standard InChI is InChI=1S/C22H16ClFN4O/c1-14-5-7-15(8-6-14)21-26-20(22(29)25-18-4-2-3-16(23)13-18)27-28(21)19-11-9-17(24)10-12-19/h2-13H,1H3,(H,25,29). The largest absolute Gasteiger partial charge is 0.319 e. The summed E-state index contributed by atoms with van der Waals surface area (Å²) >= 11 is 5.97.